The highest BCUT2D eigenvalue weighted by molar-refractivity contribution is 7.81. The molecule has 0 saturated carbocycles. The molecular formula is C8H16NS. The molecule has 1 aliphatic heterocycles. The van der Waals surface area contributed by atoms with E-state index in [1.807, 2.05) is 0 Å². The zero-order valence-corrected chi connectivity index (χ0v) is 7.71. The van der Waals surface area contributed by atoms with E-state index in [1.54, 1.807) is 0 Å². The highest BCUT2D eigenvalue weighted by atomic mass is 32.1. The largest absolute Gasteiger partial charge is 0.302 e. The Morgan fingerprint density at radius 3 is 2.20 bits per heavy atom. The fourth-order valence-electron chi connectivity index (χ4n) is 1.48. The molecule has 0 atom stereocenters. The maximum absolute atomic E-state index is 5.28. The predicted octanol–water partition coefficient (Wildman–Crippen LogP) is 2.06. The fourth-order valence-corrected chi connectivity index (χ4v) is 1.66. The Labute approximate surface area is 69.2 Å². The second-order valence-electron chi connectivity index (χ2n) is 3.74. The Bertz CT molecular complexity index is 100. The summed E-state index contributed by atoms with van der Waals surface area (Å²) in [6.07, 6.45) is 2.73. The van der Waals surface area contributed by atoms with Crippen LogP contribution in [0.2, 0.25) is 0 Å². The van der Waals surface area contributed by atoms with Gasteiger partial charge in [-0.25, -0.2) is 0 Å². The normalized spacial score (nSPS) is 21.9. The number of hydrogen-bond donors (Lipinski definition) is 0. The Hall–Kier alpha value is 0.310. The smallest absolute Gasteiger partial charge is 0.0334 e. The number of rotatable bonds is 2. The van der Waals surface area contributed by atoms with E-state index in [-0.39, 0.29) is 4.75 Å². The molecule has 0 aromatic carbocycles. The molecule has 59 valence electrons. The molecule has 1 heterocycles. The van der Waals surface area contributed by atoms with Crippen LogP contribution in [0, 0.1) is 0 Å². The zero-order chi connectivity index (χ0) is 7.61. The van der Waals surface area contributed by atoms with Crippen LogP contribution in [0.1, 0.15) is 26.7 Å². The summed E-state index contributed by atoms with van der Waals surface area (Å²) in [5.74, 6) is 0. The van der Waals surface area contributed by atoms with Crippen molar-refractivity contribution < 1.29 is 0 Å². The van der Waals surface area contributed by atoms with Gasteiger partial charge in [-0.1, -0.05) is 12.6 Å². The summed E-state index contributed by atoms with van der Waals surface area (Å²) in [5.41, 5.74) is 0. The maximum atomic E-state index is 5.28. The van der Waals surface area contributed by atoms with E-state index in [0.717, 1.165) is 6.54 Å². The molecule has 0 aliphatic carbocycles. The van der Waals surface area contributed by atoms with Gasteiger partial charge in [0, 0.05) is 11.3 Å². The lowest BCUT2D eigenvalue weighted by Crippen LogP contribution is -2.32. The van der Waals surface area contributed by atoms with E-state index < -0.39 is 0 Å². The Kier molecular flexibility index (Phi) is 2.64. The molecule has 0 unspecified atom stereocenters. The van der Waals surface area contributed by atoms with Gasteiger partial charge < -0.3 is 4.90 Å². The number of nitrogens with zero attached hydrogens (tertiary/aromatic N) is 1. The summed E-state index contributed by atoms with van der Waals surface area (Å²) in [6.45, 7) is 7.86. The summed E-state index contributed by atoms with van der Waals surface area (Å²) in [6, 6.07) is 0. The van der Waals surface area contributed by atoms with Crippen LogP contribution < -0.4 is 0 Å². The van der Waals surface area contributed by atoms with E-state index in [4.69, 9.17) is 12.6 Å². The van der Waals surface area contributed by atoms with Crippen molar-refractivity contribution in [2.75, 3.05) is 19.6 Å². The van der Waals surface area contributed by atoms with Gasteiger partial charge in [0.25, 0.3) is 0 Å². The molecule has 2 heteroatoms. The minimum absolute atomic E-state index is 0.0738. The third kappa shape index (κ3) is 2.93. The molecular weight excluding hydrogens is 142 g/mol. The molecule has 1 fully saturated rings. The summed E-state index contributed by atoms with van der Waals surface area (Å²) in [5, 5.41) is 0. The second kappa shape index (κ2) is 3.14. The molecule has 1 nitrogen and oxygen atoms in total. The van der Waals surface area contributed by atoms with Gasteiger partial charge in [-0.2, -0.15) is 0 Å². The van der Waals surface area contributed by atoms with Crippen molar-refractivity contribution in [2.24, 2.45) is 0 Å². The molecule has 1 aliphatic rings. The fraction of sp³-hybridized carbons (Fsp3) is 1.00. The van der Waals surface area contributed by atoms with Crippen LogP contribution in [-0.4, -0.2) is 29.3 Å². The molecule has 10 heavy (non-hydrogen) atoms. The molecule has 0 spiro atoms. The first-order chi connectivity index (χ1) is 4.58. The van der Waals surface area contributed by atoms with Gasteiger partial charge in [-0.15, -0.1) is 0 Å². The van der Waals surface area contributed by atoms with Crippen LogP contribution in [0.3, 0.4) is 0 Å². The minimum Gasteiger partial charge on any atom is -0.302 e. The van der Waals surface area contributed by atoms with Crippen LogP contribution in [0.5, 0.6) is 0 Å². The van der Waals surface area contributed by atoms with Crippen LogP contribution in [0.4, 0.5) is 0 Å². The first kappa shape index (κ1) is 8.41. The van der Waals surface area contributed by atoms with E-state index in [1.165, 1.54) is 25.9 Å². The second-order valence-corrected chi connectivity index (χ2v) is 4.85. The Morgan fingerprint density at radius 1 is 1.30 bits per heavy atom. The lowest BCUT2D eigenvalue weighted by molar-refractivity contribution is 0.314. The van der Waals surface area contributed by atoms with Gasteiger partial charge in [-0.3, -0.25) is 0 Å². The molecule has 1 rings (SSSR count). The first-order valence-electron chi connectivity index (χ1n) is 4.01. The third-order valence-corrected chi connectivity index (χ3v) is 1.93. The molecule has 0 aromatic rings. The van der Waals surface area contributed by atoms with Gasteiger partial charge in [0.1, 0.15) is 0 Å². The summed E-state index contributed by atoms with van der Waals surface area (Å²) >= 11 is 5.28. The van der Waals surface area contributed by atoms with Gasteiger partial charge in [0.2, 0.25) is 0 Å². The SMILES string of the molecule is CC(C)([S])CN1CCCC1. The summed E-state index contributed by atoms with van der Waals surface area (Å²) in [4.78, 5) is 2.47. The van der Waals surface area contributed by atoms with Crippen molar-refractivity contribution in [3.05, 3.63) is 0 Å². The lowest BCUT2D eigenvalue weighted by atomic mass is 10.2. The summed E-state index contributed by atoms with van der Waals surface area (Å²) < 4.78 is 0.0738. The molecule has 1 radical (unpaired) electrons. The third-order valence-electron chi connectivity index (χ3n) is 1.80. The first-order valence-corrected chi connectivity index (χ1v) is 4.41. The topological polar surface area (TPSA) is 3.24 Å². The Balaban J connectivity index is 2.24. The average molecular weight is 158 g/mol. The molecule has 0 aromatic heterocycles. The standard InChI is InChI=1S/C8H16NS/c1-8(2,10)7-9-5-3-4-6-9/h3-7H2,1-2H3. The predicted molar refractivity (Wildman–Crippen MR) is 47.3 cm³/mol. The lowest BCUT2D eigenvalue weighted by Gasteiger charge is -2.23. The quantitative estimate of drug-likeness (QED) is 0.594. The van der Waals surface area contributed by atoms with E-state index >= 15 is 0 Å². The van der Waals surface area contributed by atoms with Crippen LogP contribution in [0.15, 0.2) is 0 Å². The zero-order valence-electron chi connectivity index (χ0n) is 6.89. The van der Waals surface area contributed by atoms with Crippen LogP contribution in [-0.2, 0) is 0 Å². The van der Waals surface area contributed by atoms with Crippen molar-refractivity contribution in [3.63, 3.8) is 0 Å². The minimum atomic E-state index is 0.0738. The van der Waals surface area contributed by atoms with E-state index in [9.17, 15) is 0 Å². The molecule has 1 saturated heterocycles. The van der Waals surface area contributed by atoms with Crippen molar-refractivity contribution in [1.82, 2.24) is 4.90 Å². The van der Waals surface area contributed by atoms with E-state index in [2.05, 4.69) is 18.7 Å². The highest BCUT2D eigenvalue weighted by Gasteiger charge is 2.20. The maximum Gasteiger partial charge on any atom is 0.0334 e. The molecule has 0 amide bonds. The van der Waals surface area contributed by atoms with Gasteiger partial charge >= 0.3 is 0 Å². The summed E-state index contributed by atoms with van der Waals surface area (Å²) in [7, 11) is 0. The van der Waals surface area contributed by atoms with Crippen molar-refractivity contribution in [3.8, 4) is 0 Å². The van der Waals surface area contributed by atoms with Crippen molar-refractivity contribution >= 4 is 12.6 Å². The molecule has 0 N–H and O–H groups in total. The van der Waals surface area contributed by atoms with Crippen molar-refractivity contribution in [1.29, 1.82) is 0 Å². The average Bonchev–Trinajstić information content (AvgIpc) is 2.12. The van der Waals surface area contributed by atoms with E-state index in [0.29, 0.717) is 0 Å². The van der Waals surface area contributed by atoms with Crippen LogP contribution in [0.25, 0.3) is 0 Å². The Morgan fingerprint density at radius 2 is 1.80 bits per heavy atom. The monoisotopic (exact) mass is 158 g/mol. The van der Waals surface area contributed by atoms with Crippen LogP contribution >= 0.6 is 12.6 Å². The van der Waals surface area contributed by atoms with Crippen molar-refractivity contribution in [2.45, 2.75) is 31.4 Å². The molecule has 0 bridgehead atoms. The highest BCUT2D eigenvalue weighted by Crippen LogP contribution is 2.17. The van der Waals surface area contributed by atoms with Gasteiger partial charge in [0.15, 0.2) is 0 Å². The number of hydrogen-bond acceptors (Lipinski definition) is 1. The van der Waals surface area contributed by atoms with Gasteiger partial charge in [-0.05, 0) is 39.8 Å². The van der Waals surface area contributed by atoms with Gasteiger partial charge in [0.05, 0.1) is 0 Å². The number of likely N-dealkylation sites (tertiary alicyclic amines) is 1.